The van der Waals surface area contributed by atoms with Gasteiger partial charge >= 0.3 is 0 Å². The quantitative estimate of drug-likeness (QED) is 0.146. The molecule has 1 atom stereocenters. The van der Waals surface area contributed by atoms with E-state index in [1.165, 1.54) is 49.6 Å². The first-order chi connectivity index (χ1) is 30.7. The normalized spacial score (nSPS) is 12.3. The van der Waals surface area contributed by atoms with E-state index >= 15 is 0 Å². The molecule has 9 aromatic carbocycles. The molecule has 4 nitrogen and oxygen atoms in total. The Morgan fingerprint density at radius 1 is 0.452 bits per heavy atom. The highest BCUT2D eigenvalue weighted by atomic mass is 16.4. The maximum absolute atomic E-state index is 6.50. The van der Waals surface area contributed by atoms with Crippen LogP contribution in [0.3, 0.4) is 0 Å². The molecule has 0 amide bonds. The van der Waals surface area contributed by atoms with E-state index < -0.39 is 0 Å². The second-order valence-corrected chi connectivity index (χ2v) is 16.2. The van der Waals surface area contributed by atoms with Crippen LogP contribution >= 0.6 is 0 Å². The van der Waals surface area contributed by atoms with Crippen molar-refractivity contribution in [2.75, 3.05) is 0 Å². The Morgan fingerprint density at radius 2 is 1.10 bits per heavy atom. The van der Waals surface area contributed by atoms with Crippen LogP contribution in [0.15, 0.2) is 221 Å². The number of fused-ring (bicyclic) bond motifs is 8. The lowest BCUT2D eigenvalue weighted by Crippen LogP contribution is -2.06. The summed E-state index contributed by atoms with van der Waals surface area (Å²) in [6.07, 6.45) is 1.88. The first kappa shape index (κ1) is 35.9. The minimum atomic E-state index is 0.128. The molecular weight excluding hydrogens is 757 g/mol. The molecule has 1 unspecified atom stereocenters. The summed E-state index contributed by atoms with van der Waals surface area (Å²) in [4.78, 5) is 4.94. The molecule has 0 spiro atoms. The van der Waals surface area contributed by atoms with Gasteiger partial charge in [-0.2, -0.15) is 0 Å². The Bertz CT molecular complexity index is 3560. The smallest absolute Gasteiger partial charge is 0.227 e. The van der Waals surface area contributed by atoms with Gasteiger partial charge in [0.1, 0.15) is 16.7 Å². The highest BCUT2D eigenvalue weighted by molar-refractivity contribution is 6.17. The minimum Gasteiger partial charge on any atom is -0.456 e. The lowest BCUT2D eigenvalue weighted by atomic mass is 9.84. The van der Waals surface area contributed by atoms with Gasteiger partial charge in [-0.05, 0) is 106 Å². The summed E-state index contributed by atoms with van der Waals surface area (Å²) in [6, 6.07) is 75.9. The number of para-hydroxylation sites is 3. The van der Waals surface area contributed by atoms with Crippen LogP contribution in [0.4, 0.5) is 0 Å². The standard InChI is InChI=1S/C58H40N2O2/c1-4-15-39(16-5-1)43-19-12-14-38(36-43)26-32-46(48-23-13-24-49-47-22-10-11-25-51(47)60(57(48)49)45-20-8-3-9-21-45)41-29-27-40(28-30-41)44-31-33-50-54(37-44)61-52-34-35-53-56(55(50)52)59-58(62-53)42-17-6-2-7-18-42/h1-25,27-31,33-37,46H,26,32H2. The van der Waals surface area contributed by atoms with E-state index in [1.807, 2.05) is 42.5 Å². The van der Waals surface area contributed by atoms with Crippen LogP contribution in [0.1, 0.15) is 29.0 Å². The van der Waals surface area contributed by atoms with Crippen LogP contribution < -0.4 is 0 Å². The van der Waals surface area contributed by atoms with E-state index in [9.17, 15) is 0 Å². The summed E-state index contributed by atoms with van der Waals surface area (Å²) in [7, 11) is 0. The van der Waals surface area contributed by atoms with Gasteiger partial charge in [0.05, 0.1) is 16.4 Å². The summed E-state index contributed by atoms with van der Waals surface area (Å²) in [5.74, 6) is 0.736. The fraction of sp³-hybridized carbons (Fsp3) is 0.0517. The maximum atomic E-state index is 6.50. The van der Waals surface area contributed by atoms with Gasteiger partial charge in [-0.1, -0.05) is 158 Å². The SMILES string of the molecule is c1ccc(-c2cccc(CCC(c3ccc(-c4ccc5c(c4)oc4ccc6oc(-c7ccccc7)nc6c45)cc3)c3cccc4c5ccccc5n(-c5ccccc5)c34)c2)cc1. The maximum Gasteiger partial charge on any atom is 0.227 e. The lowest BCUT2D eigenvalue weighted by molar-refractivity contribution is 0.619. The number of rotatable bonds is 9. The zero-order valence-electron chi connectivity index (χ0n) is 33.9. The molecule has 3 aromatic heterocycles. The fourth-order valence-electron chi connectivity index (χ4n) is 9.57. The predicted molar refractivity (Wildman–Crippen MR) is 255 cm³/mol. The Labute approximate surface area is 359 Å². The van der Waals surface area contributed by atoms with Gasteiger partial charge in [0.15, 0.2) is 5.58 Å². The van der Waals surface area contributed by atoms with Crippen molar-refractivity contribution in [3.8, 4) is 39.4 Å². The highest BCUT2D eigenvalue weighted by Crippen LogP contribution is 2.42. The van der Waals surface area contributed by atoms with Gasteiger partial charge < -0.3 is 13.4 Å². The van der Waals surface area contributed by atoms with Gasteiger partial charge in [0, 0.05) is 33.3 Å². The van der Waals surface area contributed by atoms with Crippen LogP contribution in [0, 0.1) is 0 Å². The molecule has 4 heteroatoms. The number of furan rings is 1. The van der Waals surface area contributed by atoms with Gasteiger partial charge in [-0.15, -0.1) is 0 Å². The van der Waals surface area contributed by atoms with Crippen molar-refractivity contribution >= 4 is 54.8 Å². The van der Waals surface area contributed by atoms with Crippen molar-refractivity contribution in [2.24, 2.45) is 0 Å². The van der Waals surface area contributed by atoms with Crippen molar-refractivity contribution in [1.82, 2.24) is 9.55 Å². The van der Waals surface area contributed by atoms with Crippen LogP contribution in [-0.4, -0.2) is 9.55 Å². The molecule has 0 radical (unpaired) electrons. The predicted octanol–water partition coefficient (Wildman–Crippen LogP) is 15.6. The van der Waals surface area contributed by atoms with Crippen molar-refractivity contribution in [3.63, 3.8) is 0 Å². The van der Waals surface area contributed by atoms with Crippen LogP contribution in [0.25, 0.3) is 94.2 Å². The Morgan fingerprint density at radius 3 is 1.92 bits per heavy atom. The lowest BCUT2D eigenvalue weighted by Gasteiger charge is -2.22. The van der Waals surface area contributed by atoms with Crippen molar-refractivity contribution in [1.29, 1.82) is 0 Å². The average molecular weight is 797 g/mol. The molecule has 62 heavy (non-hydrogen) atoms. The zero-order valence-corrected chi connectivity index (χ0v) is 33.9. The third-order valence-electron chi connectivity index (χ3n) is 12.5. The third kappa shape index (κ3) is 6.19. The summed E-state index contributed by atoms with van der Waals surface area (Å²) < 4.78 is 15.2. The first-order valence-electron chi connectivity index (χ1n) is 21.4. The van der Waals surface area contributed by atoms with Crippen LogP contribution in [0.5, 0.6) is 0 Å². The Balaban J connectivity index is 0.949. The zero-order chi connectivity index (χ0) is 41.0. The van der Waals surface area contributed by atoms with Gasteiger partial charge in [-0.3, -0.25) is 0 Å². The number of nitrogens with zero attached hydrogens (tertiary/aromatic N) is 2. The van der Waals surface area contributed by atoms with E-state index in [1.54, 1.807) is 0 Å². The molecule has 12 aromatic rings. The molecule has 0 saturated carbocycles. The summed E-state index contributed by atoms with van der Waals surface area (Å²) in [5, 5.41) is 4.54. The average Bonchev–Trinajstić information content (AvgIpc) is 4.05. The second kappa shape index (κ2) is 14.9. The van der Waals surface area contributed by atoms with Gasteiger partial charge in [0.25, 0.3) is 0 Å². The second-order valence-electron chi connectivity index (χ2n) is 16.2. The molecular formula is C58H40N2O2. The summed E-state index contributed by atoms with van der Waals surface area (Å²) in [5.41, 5.74) is 16.5. The fourth-order valence-corrected chi connectivity index (χ4v) is 9.57. The number of hydrogen-bond acceptors (Lipinski definition) is 3. The summed E-state index contributed by atoms with van der Waals surface area (Å²) in [6.45, 7) is 0. The van der Waals surface area contributed by atoms with E-state index in [-0.39, 0.29) is 5.92 Å². The van der Waals surface area contributed by atoms with E-state index in [2.05, 4.69) is 174 Å². The third-order valence-corrected chi connectivity index (χ3v) is 12.5. The molecule has 0 fully saturated rings. The highest BCUT2D eigenvalue weighted by Gasteiger charge is 2.23. The molecule has 0 aliphatic heterocycles. The van der Waals surface area contributed by atoms with E-state index in [4.69, 9.17) is 13.8 Å². The first-order valence-corrected chi connectivity index (χ1v) is 21.4. The van der Waals surface area contributed by atoms with Crippen LogP contribution in [0.2, 0.25) is 0 Å². The number of aryl methyl sites for hydroxylation is 1. The van der Waals surface area contributed by atoms with Crippen molar-refractivity contribution < 1.29 is 8.83 Å². The number of aromatic nitrogens is 2. The number of benzene rings is 9. The van der Waals surface area contributed by atoms with E-state index in [0.717, 1.165) is 68.3 Å². The molecule has 3 heterocycles. The topological polar surface area (TPSA) is 44.1 Å². The van der Waals surface area contributed by atoms with Crippen LogP contribution in [-0.2, 0) is 6.42 Å². The molecule has 0 N–H and O–H groups in total. The van der Waals surface area contributed by atoms with Gasteiger partial charge in [-0.25, -0.2) is 4.98 Å². The number of hydrogen-bond donors (Lipinski definition) is 0. The minimum absolute atomic E-state index is 0.128. The van der Waals surface area contributed by atoms with Crippen molar-refractivity contribution in [2.45, 2.75) is 18.8 Å². The van der Waals surface area contributed by atoms with Gasteiger partial charge in [0.2, 0.25) is 5.89 Å². The number of oxazole rings is 1. The monoisotopic (exact) mass is 796 g/mol. The molecule has 0 aliphatic carbocycles. The molecule has 0 bridgehead atoms. The molecule has 0 saturated heterocycles. The molecule has 12 rings (SSSR count). The van der Waals surface area contributed by atoms with Crippen molar-refractivity contribution in [3.05, 3.63) is 229 Å². The molecule has 0 aliphatic rings. The summed E-state index contributed by atoms with van der Waals surface area (Å²) >= 11 is 0. The van der Waals surface area contributed by atoms with E-state index in [0.29, 0.717) is 5.89 Å². The largest absolute Gasteiger partial charge is 0.456 e. The Kier molecular flexibility index (Phi) is 8.67. The molecule has 294 valence electrons. The Hall–Kier alpha value is -7.95.